The van der Waals surface area contributed by atoms with E-state index >= 15 is 0 Å². The van der Waals surface area contributed by atoms with Crippen molar-refractivity contribution in [1.82, 2.24) is 15.6 Å². The first-order valence-electron chi connectivity index (χ1n) is 7.02. The molecule has 2 N–H and O–H groups in total. The van der Waals surface area contributed by atoms with E-state index in [1.54, 1.807) is 20.2 Å². The summed E-state index contributed by atoms with van der Waals surface area (Å²) in [6.07, 6.45) is -2.15. The van der Waals surface area contributed by atoms with Crippen LogP contribution < -0.4 is 15.4 Å². The zero-order chi connectivity index (χ0) is 17.1. The fourth-order valence-corrected chi connectivity index (χ4v) is 1.62. The van der Waals surface area contributed by atoms with Gasteiger partial charge in [-0.1, -0.05) is 0 Å². The molecule has 0 aromatic carbocycles. The Morgan fingerprint density at radius 1 is 1.33 bits per heavy atom. The molecule has 0 unspecified atom stereocenters. The number of guanidine groups is 1. The van der Waals surface area contributed by atoms with Crippen molar-refractivity contribution < 1.29 is 22.6 Å². The number of hydrogen-bond donors (Lipinski definition) is 2. The lowest BCUT2D eigenvalue weighted by molar-refractivity contribution is -0.154. The van der Waals surface area contributed by atoms with Crippen LogP contribution in [0.15, 0.2) is 23.3 Å². The Morgan fingerprint density at radius 3 is 2.71 bits per heavy atom. The molecule has 1 rings (SSSR count). The molecule has 138 valence electrons. The van der Waals surface area contributed by atoms with E-state index in [9.17, 15) is 13.2 Å². The van der Waals surface area contributed by atoms with Gasteiger partial charge in [-0.3, -0.25) is 4.99 Å². The van der Waals surface area contributed by atoms with E-state index in [1.807, 2.05) is 0 Å². The average molecular weight is 462 g/mol. The predicted octanol–water partition coefficient (Wildman–Crippen LogP) is 2.34. The fraction of sp³-hybridized carbons (Fsp3) is 0.571. The number of pyridine rings is 1. The van der Waals surface area contributed by atoms with Crippen molar-refractivity contribution in [3.05, 3.63) is 23.9 Å². The standard InChI is InChI=1S/C14H21F3N4O2.HI/c1-18-13(20-5-3-7-22-2)21-9-11-4-6-19-12(8-11)23-10-14(15,16)17;/h4,6,8H,3,5,7,9-10H2,1-2H3,(H2,18,20,21);1H. The van der Waals surface area contributed by atoms with Gasteiger partial charge < -0.3 is 20.1 Å². The van der Waals surface area contributed by atoms with E-state index in [1.165, 1.54) is 12.3 Å². The first kappa shape index (κ1) is 22.7. The van der Waals surface area contributed by atoms with Crippen LogP contribution >= 0.6 is 24.0 Å². The molecule has 0 aliphatic heterocycles. The van der Waals surface area contributed by atoms with E-state index in [2.05, 4.69) is 25.3 Å². The minimum absolute atomic E-state index is 0. The van der Waals surface area contributed by atoms with Crippen LogP contribution in [-0.2, 0) is 11.3 Å². The van der Waals surface area contributed by atoms with Crippen LogP contribution in [0.1, 0.15) is 12.0 Å². The molecule has 1 heterocycles. The summed E-state index contributed by atoms with van der Waals surface area (Å²) in [5, 5.41) is 6.15. The molecule has 0 aliphatic rings. The third kappa shape index (κ3) is 10.5. The molecule has 1 aromatic rings. The van der Waals surface area contributed by atoms with E-state index in [0.717, 1.165) is 12.0 Å². The molecule has 0 atom stereocenters. The molecule has 0 bridgehead atoms. The Hall–Kier alpha value is -1.30. The van der Waals surface area contributed by atoms with Gasteiger partial charge in [0.2, 0.25) is 5.88 Å². The Kier molecular flexibility index (Phi) is 11.5. The number of ether oxygens (including phenoxy) is 2. The summed E-state index contributed by atoms with van der Waals surface area (Å²) in [6, 6.07) is 3.14. The van der Waals surface area contributed by atoms with E-state index < -0.39 is 12.8 Å². The Labute approximate surface area is 156 Å². The van der Waals surface area contributed by atoms with Gasteiger partial charge in [0.25, 0.3) is 0 Å². The van der Waals surface area contributed by atoms with Gasteiger partial charge in [-0.15, -0.1) is 24.0 Å². The molecule has 0 spiro atoms. The van der Waals surface area contributed by atoms with Gasteiger partial charge in [0.1, 0.15) is 0 Å². The zero-order valence-corrected chi connectivity index (χ0v) is 15.9. The van der Waals surface area contributed by atoms with Crippen molar-refractivity contribution in [3.63, 3.8) is 0 Å². The van der Waals surface area contributed by atoms with Crippen LogP contribution in [0, 0.1) is 0 Å². The number of nitrogens with zero attached hydrogens (tertiary/aromatic N) is 2. The lowest BCUT2D eigenvalue weighted by atomic mass is 10.2. The van der Waals surface area contributed by atoms with Crippen LogP contribution in [0.2, 0.25) is 0 Å². The van der Waals surface area contributed by atoms with Crippen LogP contribution in [0.25, 0.3) is 0 Å². The summed E-state index contributed by atoms with van der Waals surface area (Å²) in [6.45, 7) is 0.368. The highest BCUT2D eigenvalue weighted by molar-refractivity contribution is 14.0. The van der Waals surface area contributed by atoms with E-state index in [4.69, 9.17) is 4.74 Å². The first-order valence-corrected chi connectivity index (χ1v) is 7.02. The zero-order valence-electron chi connectivity index (χ0n) is 13.5. The molecular formula is C14H22F3IN4O2. The maximum atomic E-state index is 12.1. The second kappa shape index (κ2) is 12.1. The van der Waals surface area contributed by atoms with Gasteiger partial charge in [0.15, 0.2) is 12.6 Å². The van der Waals surface area contributed by atoms with Crippen molar-refractivity contribution in [2.75, 3.05) is 33.9 Å². The molecule has 1 aromatic heterocycles. The normalized spacial score (nSPS) is 11.6. The van der Waals surface area contributed by atoms with Crippen LogP contribution in [-0.4, -0.2) is 51.0 Å². The smallest absolute Gasteiger partial charge is 0.422 e. The summed E-state index contributed by atoms with van der Waals surface area (Å²) in [5.41, 5.74) is 0.733. The Morgan fingerprint density at radius 2 is 2.08 bits per heavy atom. The summed E-state index contributed by atoms with van der Waals surface area (Å²) in [7, 11) is 3.27. The SMILES string of the molecule is CN=C(NCCCOC)NCc1ccnc(OCC(F)(F)F)c1.I. The second-order valence-electron chi connectivity index (χ2n) is 4.61. The fourth-order valence-electron chi connectivity index (χ4n) is 1.62. The maximum Gasteiger partial charge on any atom is 0.422 e. The van der Waals surface area contributed by atoms with Gasteiger partial charge in [-0.2, -0.15) is 13.2 Å². The molecule has 0 saturated carbocycles. The number of nitrogens with one attached hydrogen (secondary N) is 2. The number of aliphatic imine (C=N–C) groups is 1. The highest BCUT2D eigenvalue weighted by Crippen LogP contribution is 2.17. The largest absolute Gasteiger partial charge is 0.468 e. The van der Waals surface area contributed by atoms with Crippen LogP contribution in [0.4, 0.5) is 13.2 Å². The third-order valence-corrected chi connectivity index (χ3v) is 2.68. The topological polar surface area (TPSA) is 67.8 Å². The first-order chi connectivity index (χ1) is 10.9. The molecule has 10 heteroatoms. The molecule has 6 nitrogen and oxygen atoms in total. The number of aromatic nitrogens is 1. The number of methoxy groups -OCH3 is 1. The van der Waals surface area contributed by atoms with Gasteiger partial charge in [0, 0.05) is 46.1 Å². The monoisotopic (exact) mass is 462 g/mol. The van der Waals surface area contributed by atoms with Crippen molar-refractivity contribution in [2.45, 2.75) is 19.1 Å². The third-order valence-electron chi connectivity index (χ3n) is 2.68. The number of halogens is 4. The average Bonchev–Trinajstić information content (AvgIpc) is 2.52. The van der Waals surface area contributed by atoms with Gasteiger partial charge in [-0.05, 0) is 18.1 Å². The van der Waals surface area contributed by atoms with E-state index in [0.29, 0.717) is 25.7 Å². The Balaban J connectivity index is 0.00000529. The van der Waals surface area contributed by atoms with Crippen molar-refractivity contribution in [3.8, 4) is 5.88 Å². The van der Waals surface area contributed by atoms with Crippen molar-refractivity contribution in [2.24, 2.45) is 4.99 Å². The molecular weight excluding hydrogens is 440 g/mol. The molecule has 0 saturated heterocycles. The second-order valence-corrected chi connectivity index (χ2v) is 4.61. The summed E-state index contributed by atoms with van der Waals surface area (Å²) in [4.78, 5) is 7.80. The molecule has 24 heavy (non-hydrogen) atoms. The number of rotatable bonds is 8. The minimum atomic E-state index is -4.38. The summed E-state index contributed by atoms with van der Waals surface area (Å²) < 4.78 is 45.9. The van der Waals surface area contributed by atoms with Crippen LogP contribution in [0.5, 0.6) is 5.88 Å². The highest BCUT2D eigenvalue weighted by Gasteiger charge is 2.28. The highest BCUT2D eigenvalue weighted by atomic mass is 127. The summed E-state index contributed by atoms with van der Waals surface area (Å²) >= 11 is 0. The molecule has 0 amide bonds. The maximum absolute atomic E-state index is 12.1. The predicted molar refractivity (Wildman–Crippen MR) is 95.9 cm³/mol. The van der Waals surface area contributed by atoms with Crippen molar-refractivity contribution >= 4 is 29.9 Å². The molecule has 0 aliphatic carbocycles. The minimum Gasteiger partial charge on any atom is -0.468 e. The molecule has 0 radical (unpaired) electrons. The lowest BCUT2D eigenvalue weighted by Gasteiger charge is -2.12. The van der Waals surface area contributed by atoms with Crippen LogP contribution in [0.3, 0.4) is 0 Å². The van der Waals surface area contributed by atoms with E-state index in [-0.39, 0.29) is 29.9 Å². The van der Waals surface area contributed by atoms with Gasteiger partial charge in [-0.25, -0.2) is 4.98 Å². The molecule has 0 fully saturated rings. The number of alkyl halides is 3. The van der Waals surface area contributed by atoms with Gasteiger partial charge >= 0.3 is 6.18 Å². The number of hydrogen-bond acceptors (Lipinski definition) is 4. The summed E-state index contributed by atoms with van der Waals surface area (Å²) in [5.74, 6) is 0.528. The van der Waals surface area contributed by atoms with Gasteiger partial charge in [0.05, 0.1) is 0 Å². The Bertz CT molecular complexity index is 501. The van der Waals surface area contributed by atoms with Crippen molar-refractivity contribution in [1.29, 1.82) is 0 Å². The quantitative estimate of drug-likeness (QED) is 0.269. The lowest BCUT2D eigenvalue weighted by Crippen LogP contribution is -2.37.